The minimum Gasteiger partial charge on any atom is -0.378 e. The lowest BCUT2D eigenvalue weighted by Crippen LogP contribution is -2.38. The Morgan fingerprint density at radius 1 is 1.44 bits per heavy atom. The Labute approximate surface area is 95.7 Å². The number of hydrogen-bond acceptors (Lipinski definition) is 5. The van der Waals surface area contributed by atoms with Gasteiger partial charge >= 0.3 is 0 Å². The standard InChI is InChI=1S/C10H11N3O2S/c14-8-7-1-6-16-9(7)12-10(11-8)13-2-4-15-5-3-13/h1,6H,2-5H2,(H,11,12,14). The molecule has 0 unspecified atom stereocenters. The first-order valence-electron chi connectivity index (χ1n) is 5.15. The van der Waals surface area contributed by atoms with Gasteiger partial charge in [-0.2, -0.15) is 0 Å². The number of hydrogen-bond donors (Lipinski definition) is 1. The van der Waals surface area contributed by atoms with E-state index in [4.69, 9.17) is 4.74 Å². The normalized spacial score (nSPS) is 16.9. The molecule has 0 spiro atoms. The van der Waals surface area contributed by atoms with E-state index in [9.17, 15) is 4.79 Å². The second-order valence-electron chi connectivity index (χ2n) is 3.63. The van der Waals surface area contributed by atoms with Crippen LogP contribution in [0.25, 0.3) is 10.2 Å². The molecule has 1 aliphatic rings. The van der Waals surface area contributed by atoms with Crippen LogP contribution in [0.2, 0.25) is 0 Å². The summed E-state index contributed by atoms with van der Waals surface area (Å²) in [5.41, 5.74) is -0.0623. The Balaban J connectivity index is 2.06. The van der Waals surface area contributed by atoms with Gasteiger partial charge in [-0.05, 0) is 11.4 Å². The van der Waals surface area contributed by atoms with E-state index in [2.05, 4.69) is 9.97 Å². The quantitative estimate of drug-likeness (QED) is 0.797. The lowest BCUT2D eigenvalue weighted by Gasteiger charge is -2.26. The molecular weight excluding hydrogens is 226 g/mol. The monoisotopic (exact) mass is 237 g/mol. The van der Waals surface area contributed by atoms with Crippen LogP contribution in [0.4, 0.5) is 5.95 Å². The molecular formula is C10H11N3O2S. The van der Waals surface area contributed by atoms with E-state index in [-0.39, 0.29) is 5.56 Å². The van der Waals surface area contributed by atoms with Crippen LogP contribution in [0, 0.1) is 0 Å². The van der Waals surface area contributed by atoms with Gasteiger partial charge in [0.05, 0.1) is 18.6 Å². The molecule has 2 aromatic heterocycles. The molecule has 84 valence electrons. The largest absolute Gasteiger partial charge is 0.378 e. The summed E-state index contributed by atoms with van der Waals surface area (Å²) >= 11 is 1.49. The van der Waals surface area contributed by atoms with Gasteiger partial charge in [-0.3, -0.25) is 9.78 Å². The van der Waals surface area contributed by atoms with Crippen molar-refractivity contribution >= 4 is 27.5 Å². The molecule has 0 amide bonds. The third-order valence-electron chi connectivity index (χ3n) is 2.63. The number of ether oxygens (including phenoxy) is 1. The topological polar surface area (TPSA) is 58.2 Å². The molecule has 5 nitrogen and oxygen atoms in total. The van der Waals surface area contributed by atoms with E-state index in [0.717, 1.165) is 17.9 Å². The predicted molar refractivity (Wildman–Crippen MR) is 63.3 cm³/mol. The summed E-state index contributed by atoms with van der Waals surface area (Å²) in [5.74, 6) is 0.656. The van der Waals surface area contributed by atoms with Crippen LogP contribution >= 0.6 is 11.3 Å². The molecule has 0 atom stereocenters. The number of thiophene rings is 1. The van der Waals surface area contributed by atoms with Crippen LogP contribution in [0.5, 0.6) is 0 Å². The van der Waals surface area contributed by atoms with Crippen molar-refractivity contribution in [2.24, 2.45) is 0 Å². The summed E-state index contributed by atoms with van der Waals surface area (Å²) in [6.45, 7) is 2.93. The molecule has 1 N–H and O–H groups in total. The second-order valence-corrected chi connectivity index (χ2v) is 4.52. The van der Waals surface area contributed by atoms with E-state index >= 15 is 0 Å². The maximum absolute atomic E-state index is 11.8. The number of aromatic nitrogens is 2. The summed E-state index contributed by atoms with van der Waals surface area (Å²) in [6, 6.07) is 1.80. The molecule has 0 saturated carbocycles. The molecule has 0 radical (unpaired) electrons. The second kappa shape index (κ2) is 3.88. The van der Waals surface area contributed by atoms with E-state index in [1.165, 1.54) is 11.3 Å². The summed E-state index contributed by atoms with van der Waals surface area (Å²) in [5, 5.41) is 2.55. The van der Waals surface area contributed by atoms with Crippen LogP contribution in [-0.2, 0) is 4.74 Å². The highest BCUT2D eigenvalue weighted by Gasteiger charge is 2.14. The number of morpholine rings is 1. The van der Waals surface area contributed by atoms with E-state index < -0.39 is 0 Å². The van der Waals surface area contributed by atoms with Crippen LogP contribution in [-0.4, -0.2) is 36.3 Å². The third kappa shape index (κ3) is 1.60. The first kappa shape index (κ1) is 9.80. The predicted octanol–water partition coefficient (Wildman–Crippen LogP) is 0.821. The number of rotatable bonds is 1. The van der Waals surface area contributed by atoms with E-state index in [0.29, 0.717) is 24.5 Å². The highest BCUT2D eigenvalue weighted by molar-refractivity contribution is 7.16. The van der Waals surface area contributed by atoms with Gasteiger partial charge in [0.1, 0.15) is 4.83 Å². The van der Waals surface area contributed by atoms with Crippen LogP contribution in [0.3, 0.4) is 0 Å². The molecule has 1 aliphatic heterocycles. The molecule has 1 saturated heterocycles. The fourth-order valence-electron chi connectivity index (χ4n) is 1.78. The maximum atomic E-state index is 11.8. The number of anilines is 1. The zero-order valence-electron chi connectivity index (χ0n) is 8.60. The molecule has 16 heavy (non-hydrogen) atoms. The van der Waals surface area contributed by atoms with Crippen molar-refractivity contribution in [3.05, 3.63) is 21.8 Å². The number of nitrogens with one attached hydrogen (secondary N) is 1. The Morgan fingerprint density at radius 3 is 3.06 bits per heavy atom. The van der Waals surface area contributed by atoms with Crippen LogP contribution < -0.4 is 10.5 Å². The van der Waals surface area contributed by atoms with E-state index in [1.54, 1.807) is 6.07 Å². The Hall–Kier alpha value is -1.40. The lowest BCUT2D eigenvalue weighted by atomic mass is 10.4. The van der Waals surface area contributed by atoms with Gasteiger partial charge in [-0.25, -0.2) is 4.98 Å². The van der Waals surface area contributed by atoms with Crippen molar-refractivity contribution < 1.29 is 4.74 Å². The summed E-state index contributed by atoms with van der Waals surface area (Å²) in [6.07, 6.45) is 0. The SMILES string of the molecule is O=c1[nH]c(N2CCOCC2)nc2sccc12. The smallest absolute Gasteiger partial charge is 0.261 e. The molecule has 3 heterocycles. The first-order valence-corrected chi connectivity index (χ1v) is 6.03. The van der Waals surface area contributed by atoms with Gasteiger partial charge in [-0.1, -0.05) is 0 Å². The molecule has 6 heteroatoms. The molecule has 0 aromatic carbocycles. The van der Waals surface area contributed by atoms with Gasteiger partial charge in [0, 0.05) is 13.1 Å². The molecule has 0 aliphatic carbocycles. The molecule has 0 bridgehead atoms. The fourth-order valence-corrected chi connectivity index (χ4v) is 2.54. The van der Waals surface area contributed by atoms with Gasteiger partial charge in [0.15, 0.2) is 0 Å². The van der Waals surface area contributed by atoms with Crippen LogP contribution in [0.1, 0.15) is 0 Å². The lowest BCUT2D eigenvalue weighted by molar-refractivity contribution is 0.122. The van der Waals surface area contributed by atoms with Gasteiger partial charge < -0.3 is 9.64 Å². The number of fused-ring (bicyclic) bond motifs is 1. The minimum absolute atomic E-state index is 0.0623. The van der Waals surface area contributed by atoms with Gasteiger partial charge in [0.2, 0.25) is 5.95 Å². The Morgan fingerprint density at radius 2 is 2.25 bits per heavy atom. The highest BCUT2D eigenvalue weighted by atomic mass is 32.1. The summed E-state index contributed by atoms with van der Waals surface area (Å²) in [7, 11) is 0. The highest BCUT2D eigenvalue weighted by Crippen LogP contribution is 2.17. The maximum Gasteiger partial charge on any atom is 0.261 e. The van der Waals surface area contributed by atoms with Crippen molar-refractivity contribution in [1.29, 1.82) is 0 Å². The zero-order chi connectivity index (χ0) is 11.0. The van der Waals surface area contributed by atoms with Gasteiger partial charge in [0.25, 0.3) is 5.56 Å². The van der Waals surface area contributed by atoms with Gasteiger partial charge in [-0.15, -0.1) is 11.3 Å². The van der Waals surface area contributed by atoms with Crippen molar-refractivity contribution in [2.75, 3.05) is 31.2 Å². The zero-order valence-corrected chi connectivity index (χ0v) is 9.42. The van der Waals surface area contributed by atoms with E-state index in [1.807, 2.05) is 10.3 Å². The van der Waals surface area contributed by atoms with Crippen molar-refractivity contribution in [3.8, 4) is 0 Å². The summed E-state index contributed by atoms with van der Waals surface area (Å²) < 4.78 is 5.27. The molecule has 2 aromatic rings. The van der Waals surface area contributed by atoms with Crippen molar-refractivity contribution in [3.63, 3.8) is 0 Å². The fraction of sp³-hybridized carbons (Fsp3) is 0.400. The van der Waals surface area contributed by atoms with Crippen LogP contribution in [0.15, 0.2) is 16.2 Å². The average Bonchev–Trinajstić information content (AvgIpc) is 2.79. The minimum atomic E-state index is -0.0623. The van der Waals surface area contributed by atoms with Crippen molar-refractivity contribution in [2.45, 2.75) is 0 Å². The Kier molecular flexibility index (Phi) is 2.37. The average molecular weight is 237 g/mol. The van der Waals surface area contributed by atoms with Crippen molar-refractivity contribution in [1.82, 2.24) is 9.97 Å². The summed E-state index contributed by atoms with van der Waals surface area (Å²) in [4.78, 5) is 21.9. The number of nitrogens with zero attached hydrogens (tertiary/aromatic N) is 2. The number of aromatic amines is 1. The Bertz CT molecular complexity index is 556. The number of H-pyrrole nitrogens is 1. The first-order chi connectivity index (χ1) is 7.84. The molecule has 3 rings (SSSR count). The molecule has 1 fully saturated rings. The third-order valence-corrected chi connectivity index (χ3v) is 3.44.